The number of nitrogen functional groups attached to an aromatic ring is 1. The average Bonchev–Trinajstić information content (AvgIpc) is 3.59. The monoisotopic (exact) mass is 458 g/mol. The van der Waals surface area contributed by atoms with E-state index in [1.165, 1.54) is 50.8 Å². The lowest BCUT2D eigenvalue weighted by Gasteiger charge is -2.28. The van der Waals surface area contributed by atoms with Gasteiger partial charge in [-0.3, -0.25) is 0 Å². The number of aromatic nitrogens is 4. The minimum Gasteiger partial charge on any atom is -0.383 e. The van der Waals surface area contributed by atoms with Crippen molar-refractivity contribution < 1.29 is 0 Å². The van der Waals surface area contributed by atoms with Crippen LogP contribution in [-0.2, 0) is 6.42 Å². The van der Waals surface area contributed by atoms with Gasteiger partial charge in [0, 0.05) is 29.6 Å². The Labute approximate surface area is 198 Å². The number of piperidine rings is 1. The zero-order valence-corrected chi connectivity index (χ0v) is 19.6. The molecule has 0 radical (unpaired) electrons. The lowest BCUT2D eigenvalue weighted by Crippen LogP contribution is -2.33. The van der Waals surface area contributed by atoms with Crippen LogP contribution < -0.4 is 11.1 Å². The molecule has 2 fully saturated rings. The van der Waals surface area contributed by atoms with Crippen molar-refractivity contribution in [2.75, 3.05) is 18.8 Å². The third-order valence-electron chi connectivity index (χ3n) is 7.49. The van der Waals surface area contributed by atoms with Crippen LogP contribution >= 0.6 is 11.3 Å². The summed E-state index contributed by atoms with van der Waals surface area (Å²) in [5.74, 6) is 2.14. The van der Waals surface area contributed by atoms with Crippen molar-refractivity contribution in [2.45, 2.75) is 44.6 Å². The van der Waals surface area contributed by atoms with E-state index in [9.17, 15) is 0 Å². The van der Waals surface area contributed by atoms with Gasteiger partial charge in [-0.25, -0.2) is 15.0 Å². The maximum absolute atomic E-state index is 6.39. The van der Waals surface area contributed by atoms with E-state index in [1.807, 2.05) is 6.07 Å². The summed E-state index contributed by atoms with van der Waals surface area (Å²) in [5, 5.41) is 7.70. The Morgan fingerprint density at radius 1 is 1.09 bits per heavy atom. The first kappa shape index (κ1) is 20.8. The van der Waals surface area contributed by atoms with Gasteiger partial charge in [0.25, 0.3) is 0 Å². The summed E-state index contributed by atoms with van der Waals surface area (Å²) in [7, 11) is 0. The molecule has 6 rings (SSSR count). The van der Waals surface area contributed by atoms with E-state index in [4.69, 9.17) is 10.7 Å². The quantitative estimate of drug-likeness (QED) is 0.436. The third kappa shape index (κ3) is 4.04. The molecule has 1 aromatic carbocycles. The molecule has 0 bridgehead atoms. The van der Waals surface area contributed by atoms with Gasteiger partial charge in [-0.05, 0) is 62.6 Å². The van der Waals surface area contributed by atoms with E-state index in [2.05, 4.69) is 55.7 Å². The van der Waals surface area contributed by atoms with Gasteiger partial charge in [-0.15, -0.1) is 11.3 Å². The number of benzene rings is 1. The molecule has 0 amide bonds. The second-order valence-corrected chi connectivity index (χ2v) is 10.4. The van der Waals surface area contributed by atoms with Crippen molar-refractivity contribution >= 4 is 28.2 Å². The molecule has 4 aromatic rings. The van der Waals surface area contributed by atoms with Gasteiger partial charge in [0.1, 0.15) is 22.8 Å². The zero-order valence-electron chi connectivity index (χ0n) is 18.8. The summed E-state index contributed by atoms with van der Waals surface area (Å²) in [6.07, 6.45) is 11.1. The molecule has 7 heteroatoms. The second-order valence-electron chi connectivity index (χ2n) is 9.55. The molecule has 1 saturated heterocycles. The molecule has 1 aliphatic carbocycles. The molecule has 1 saturated carbocycles. The smallest absolute Gasteiger partial charge is 0.146 e. The molecular formula is C26H30N6S. The summed E-state index contributed by atoms with van der Waals surface area (Å²) in [6.45, 7) is 2.35. The summed E-state index contributed by atoms with van der Waals surface area (Å²) >= 11 is 1.68. The number of nitrogens with two attached hydrogens (primary N) is 1. The first-order valence-corrected chi connectivity index (χ1v) is 12.9. The van der Waals surface area contributed by atoms with Gasteiger partial charge in [-0.2, -0.15) is 0 Å². The molecule has 3 atom stereocenters. The van der Waals surface area contributed by atoms with Crippen LogP contribution in [0.25, 0.3) is 21.6 Å². The third-order valence-corrected chi connectivity index (χ3v) is 8.41. The normalized spacial score (nSPS) is 23.3. The highest BCUT2D eigenvalue weighted by atomic mass is 32.1. The molecular weight excluding hydrogens is 428 g/mol. The number of nitrogens with one attached hydrogen (secondary N) is 1. The number of hydrogen-bond acceptors (Lipinski definition) is 6. The topological polar surface area (TPSA) is 81.7 Å². The van der Waals surface area contributed by atoms with Crippen molar-refractivity contribution in [3.8, 4) is 10.6 Å². The lowest BCUT2D eigenvalue weighted by molar-refractivity contribution is 0.262. The fourth-order valence-corrected chi connectivity index (χ4v) is 6.65. The fraction of sp³-hybridized carbons (Fsp3) is 0.423. The largest absolute Gasteiger partial charge is 0.383 e. The van der Waals surface area contributed by atoms with Gasteiger partial charge >= 0.3 is 0 Å². The second kappa shape index (κ2) is 8.88. The number of anilines is 1. The average molecular weight is 459 g/mol. The number of hydrogen-bond donors (Lipinski definition) is 2. The minimum atomic E-state index is 0.464. The summed E-state index contributed by atoms with van der Waals surface area (Å²) in [5.41, 5.74) is 10.8. The molecule has 3 aromatic heterocycles. The highest BCUT2D eigenvalue weighted by Crippen LogP contribution is 2.44. The first-order valence-electron chi connectivity index (χ1n) is 12.1. The predicted octanol–water partition coefficient (Wildman–Crippen LogP) is 5.07. The van der Waals surface area contributed by atoms with Crippen molar-refractivity contribution in [1.29, 1.82) is 0 Å². The van der Waals surface area contributed by atoms with Crippen LogP contribution in [0.3, 0.4) is 0 Å². The SMILES string of the molecule is Nc1ncnc2c1c(-c1nc(Cc3ccccc3)cs1)cn2C1CCC(C2CCCNC2)C1. The number of fused-ring (bicyclic) bond motifs is 1. The van der Waals surface area contributed by atoms with Crippen LogP contribution in [0.5, 0.6) is 0 Å². The van der Waals surface area contributed by atoms with Gasteiger partial charge in [-0.1, -0.05) is 30.3 Å². The molecule has 6 nitrogen and oxygen atoms in total. The summed E-state index contributed by atoms with van der Waals surface area (Å²) in [4.78, 5) is 14.0. The van der Waals surface area contributed by atoms with E-state index in [0.717, 1.165) is 45.6 Å². The van der Waals surface area contributed by atoms with Crippen LogP contribution in [0, 0.1) is 11.8 Å². The molecule has 33 heavy (non-hydrogen) atoms. The Kier molecular flexibility index (Phi) is 5.60. The first-order chi connectivity index (χ1) is 16.3. The van der Waals surface area contributed by atoms with E-state index >= 15 is 0 Å². The van der Waals surface area contributed by atoms with Crippen LogP contribution in [0.1, 0.15) is 49.4 Å². The lowest BCUT2D eigenvalue weighted by atomic mass is 9.85. The van der Waals surface area contributed by atoms with Crippen molar-refractivity contribution in [1.82, 2.24) is 24.8 Å². The maximum atomic E-state index is 6.39. The highest BCUT2D eigenvalue weighted by Gasteiger charge is 2.33. The predicted molar refractivity (Wildman–Crippen MR) is 134 cm³/mol. The number of thiazole rings is 1. The Balaban J connectivity index is 1.31. The molecule has 4 heterocycles. The Morgan fingerprint density at radius 3 is 2.85 bits per heavy atom. The van der Waals surface area contributed by atoms with Crippen molar-refractivity contribution in [3.63, 3.8) is 0 Å². The Hall–Kier alpha value is -2.77. The summed E-state index contributed by atoms with van der Waals surface area (Å²) in [6, 6.07) is 11.0. The maximum Gasteiger partial charge on any atom is 0.146 e. The van der Waals surface area contributed by atoms with Crippen LogP contribution in [0.2, 0.25) is 0 Å². The van der Waals surface area contributed by atoms with Crippen LogP contribution in [0.4, 0.5) is 5.82 Å². The van der Waals surface area contributed by atoms with Crippen LogP contribution in [-0.4, -0.2) is 32.6 Å². The Bertz CT molecular complexity index is 1240. The molecule has 170 valence electrons. The molecule has 3 N–H and O–H groups in total. The van der Waals surface area contributed by atoms with Crippen molar-refractivity contribution in [3.05, 3.63) is 59.5 Å². The Morgan fingerprint density at radius 2 is 2.00 bits per heavy atom. The molecule has 1 aliphatic heterocycles. The number of nitrogens with zero attached hydrogens (tertiary/aromatic N) is 4. The van der Waals surface area contributed by atoms with E-state index in [-0.39, 0.29) is 0 Å². The fourth-order valence-electron chi connectivity index (χ4n) is 5.82. The zero-order chi connectivity index (χ0) is 22.2. The van der Waals surface area contributed by atoms with Crippen LogP contribution in [0.15, 0.2) is 48.2 Å². The van der Waals surface area contributed by atoms with Gasteiger partial charge < -0.3 is 15.6 Å². The van der Waals surface area contributed by atoms with Gasteiger partial charge in [0.15, 0.2) is 0 Å². The van der Waals surface area contributed by atoms with Gasteiger partial charge in [0.05, 0.1) is 11.1 Å². The summed E-state index contributed by atoms with van der Waals surface area (Å²) < 4.78 is 2.37. The van der Waals surface area contributed by atoms with E-state index in [1.54, 1.807) is 17.7 Å². The van der Waals surface area contributed by atoms with Gasteiger partial charge in [0.2, 0.25) is 0 Å². The standard InChI is InChI=1S/C26H30N6S/c27-24-23-22(26-31-20(15-33-26)11-17-5-2-1-3-6-17)14-32(25(23)30-16-29-24)21-9-8-18(12-21)19-7-4-10-28-13-19/h1-3,5-6,14-16,18-19,21,28H,4,7-13H2,(H2,27,29,30). The molecule has 3 unspecified atom stereocenters. The number of rotatable bonds is 5. The highest BCUT2D eigenvalue weighted by molar-refractivity contribution is 7.13. The molecule has 0 spiro atoms. The molecule has 2 aliphatic rings. The van der Waals surface area contributed by atoms with E-state index < -0.39 is 0 Å². The van der Waals surface area contributed by atoms with Crippen molar-refractivity contribution in [2.24, 2.45) is 11.8 Å². The minimum absolute atomic E-state index is 0.464. The van der Waals surface area contributed by atoms with E-state index in [0.29, 0.717) is 11.9 Å².